The van der Waals surface area contributed by atoms with E-state index in [1.807, 2.05) is 0 Å². The number of carboxylic acids is 1. The first kappa shape index (κ1) is 15.3. The molecule has 0 bridgehead atoms. The number of aromatic nitrogens is 4. The quantitative estimate of drug-likeness (QED) is 0.759. The number of nitrogens with zero attached hydrogens (tertiary/aromatic N) is 4. The highest BCUT2D eigenvalue weighted by Gasteiger charge is 2.05. The largest absolute Gasteiger partial charge is 0.545 e. The number of carbonyl (C=O) groups excluding carboxylic acids is 1. The van der Waals surface area contributed by atoms with E-state index in [-0.39, 0.29) is 11.4 Å². The Labute approximate surface area is 136 Å². The third-order valence-corrected chi connectivity index (χ3v) is 3.18. The molecule has 0 saturated heterocycles. The summed E-state index contributed by atoms with van der Waals surface area (Å²) >= 11 is 0. The van der Waals surface area contributed by atoms with Crippen molar-refractivity contribution in [3.05, 3.63) is 71.9 Å². The second-order valence-corrected chi connectivity index (χ2v) is 4.74. The van der Waals surface area contributed by atoms with Gasteiger partial charge in [0.15, 0.2) is 5.82 Å². The zero-order valence-electron chi connectivity index (χ0n) is 12.3. The fraction of sp³-hybridized carbons (Fsp3) is 0. The van der Waals surface area contributed by atoms with Gasteiger partial charge >= 0.3 is 0 Å². The Bertz CT molecular complexity index is 889. The van der Waals surface area contributed by atoms with Crippen molar-refractivity contribution in [3.63, 3.8) is 0 Å². The Morgan fingerprint density at radius 1 is 1.17 bits per heavy atom. The van der Waals surface area contributed by atoms with Crippen LogP contribution in [0.5, 0.6) is 0 Å². The Hall–Kier alpha value is -3.55. The second kappa shape index (κ2) is 6.69. The van der Waals surface area contributed by atoms with Gasteiger partial charge in [-0.1, -0.05) is 18.2 Å². The van der Waals surface area contributed by atoms with Crippen LogP contribution in [0.2, 0.25) is 0 Å². The van der Waals surface area contributed by atoms with Crippen molar-refractivity contribution in [1.29, 1.82) is 0 Å². The summed E-state index contributed by atoms with van der Waals surface area (Å²) in [5.74, 6) is -1.24. The van der Waals surface area contributed by atoms with Gasteiger partial charge in [-0.2, -0.15) is 4.68 Å². The minimum Gasteiger partial charge on any atom is -0.545 e. The first-order valence-corrected chi connectivity index (χ1v) is 6.93. The molecule has 0 unspecified atom stereocenters. The molecule has 0 aliphatic heterocycles. The van der Waals surface area contributed by atoms with Gasteiger partial charge < -0.3 is 15.2 Å². The van der Waals surface area contributed by atoms with Crippen LogP contribution in [0.1, 0.15) is 16.2 Å². The molecule has 0 radical (unpaired) electrons. The molecule has 0 saturated carbocycles. The average Bonchev–Trinajstić information content (AvgIpc) is 3.04. The number of benzene rings is 2. The van der Waals surface area contributed by atoms with Crippen LogP contribution in [-0.2, 0) is 0 Å². The maximum atomic E-state index is 13.0. The van der Waals surface area contributed by atoms with E-state index in [2.05, 4.69) is 20.8 Å². The molecule has 120 valence electrons. The monoisotopic (exact) mass is 324 g/mol. The number of carbonyl (C=O) groups is 1. The Kier molecular flexibility index (Phi) is 4.28. The Morgan fingerprint density at radius 3 is 2.67 bits per heavy atom. The Morgan fingerprint density at radius 2 is 1.92 bits per heavy atom. The van der Waals surface area contributed by atoms with Crippen LogP contribution in [0.25, 0.3) is 11.8 Å². The molecule has 0 amide bonds. The molecule has 0 atom stereocenters. The van der Waals surface area contributed by atoms with Crippen LogP contribution in [0, 0.1) is 5.82 Å². The predicted octanol–water partition coefficient (Wildman–Crippen LogP) is 1.25. The molecule has 2 aromatic carbocycles. The summed E-state index contributed by atoms with van der Waals surface area (Å²) in [5.41, 5.74) is 1.02. The normalized spacial score (nSPS) is 10.9. The molecule has 8 heteroatoms. The second-order valence-electron chi connectivity index (χ2n) is 4.74. The van der Waals surface area contributed by atoms with E-state index in [9.17, 15) is 14.3 Å². The van der Waals surface area contributed by atoms with E-state index >= 15 is 0 Å². The van der Waals surface area contributed by atoms with E-state index in [4.69, 9.17) is 0 Å². The first-order valence-electron chi connectivity index (χ1n) is 6.93. The van der Waals surface area contributed by atoms with Crippen molar-refractivity contribution in [2.45, 2.75) is 0 Å². The van der Waals surface area contributed by atoms with E-state index in [0.717, 1.165) is 0 Å². The van der Waals surface area contributed by atoms with Gasteiger partial charge in [-0.3, -0.25) is 0 Å². The molecule has 0 spiro atoms. The summed E-state index contributed by atoms with van der Waals surface area (Å²) in [7, 11) is 0. The molecular formula is C16H11FN5O2-. The first-order chi connectivity index (χ1) is 11.6. The standard InChI is InChI=1S/C16H12FN5O2/c17-11-5-7-12(8-6-11)22-15(19-20-21-22)9-10-18-14-4-2-1-3-13(14)16(23)24/h1-10,18H,(H,23,24)/p-1/b10-9+. The van der Waals surface area contributed by atoms with Crippen LogP contribution in [0.3, 0.4) is 0 Å². The molecule has 3 rings (SSSR count). The summed E-state index contributed by atoms with van der Waals surface area (Å²) < 4.78 is 14.4. The predicted molar refractivity (Wildman–Crippen MR) is 82.5 cm³/mol. The van der Waals surface area contributed by atoms with Gasteiger partial charge in [-0.25, -0.2) is 4.39 Å². The molecule has 0 aliphatic carbocycles. The minimum absolute atomic E-state index is 0.0419. The van der Waals surface area contributed by atoms with E-state index in [1.165, 1.54) is 29.1 Å². The molecule has 7 nitrogen and oxygen atoms in total. The zero-order valence-corrected chi connectivity index (χ0v) is 12.3. The molecule has 1 aromatic heterocycles. The third-order valence-electron chi connectivity index (χ3n) is 3.18. The number of carboxylic acid groups (broad SMARTS) is 1. The van der Waals surface area contributed by atoms with Crippen LogP contribution in [0.4, 0.5) is 10.1 Å². The Balaban J connectivity index is 1.81. The number of tetrazole rings is 1. The fourth-order valence-electron chi connectivity index (χ4n) is 2.06. The van der Waals surface area contributed by atoms with Crippen LogP contribution < -0.4 is 10.4 Å². The van der Waals surface area contributed by atoms with Gasteiger partial charge in [0, 0.05) is 23.5 Å². The number of nitrogens with one attached hydrogen (secondary N) is 1. The zero-order chi connectivity index (χ0) is 16.9. The molecule has 24 heavy (non-hydrogen) atoms. The average molecular weight is 324 g/mol. The van der Waals surface area contributed by atoms with Crippen molar-refractivity contribution >= 4 is 17.7 Å². The number of hydrogen-bond acceptors (Lipinski definition) is 6. The van der Waals surface area contributed by atoms with Gasteiger partial charge in [0.25, 0.3) is 0 Å². The van der Waals surface area contributed by atoms with Crippen molar-refractivity contribution in [3.8, 4) is 5.69 Å². The van der Waals surface area contributed by atoms with Gasteiger partial charge in [0.1, 0.15) is 5.82 Å². The van der Waals surface area contributed by atoms with E-state index in [0.29, 0.717) is 17.2 Å². The van der Waals surface area contributed by atoms with Crippen LogP contribution >= 0.6 is 0 Å². The highest BCUT2D eigenvalue weighted by Crippen LogP contribution is 2.15. The summed E-state index contributed by atoms with van der Waals surface area (Å²) in [6.07, 6.45) is 3.07. The molecule has 1 heterocycles. The summed E-state index contributed by atoms with van der Waals surface area (Å²) in [4.78, 5) is 11.0. The van der Waals surface area contributed by atoms with Gasteiger partial charge in [0.05, 0.1) is 11.7 Å². The van der Waals surface area contributed by atoms with E-state index in [1.54, 1.807) is 36.4 Å². The lowest BCUT2D eigenvalue weighted by molar-refractivity contribution is -0.254. The summed E-state index contributed by atoms with van der Waals surface area (Å²) in [6, 6.07) is 12.0. The number of aromatic carboxylic acids is 1. The highest BCUT2D eigenvalue weighted by atomic mass is 19.1. The van der Waals surface area contributed by atoms with Crippen LogP contribution in [-0.4, -0.2) is 26.2 Å². The van der Waals surface area contributed by atoms with Gasteiger partial charge in [-0.05, 0) is 40.8 Å². The topological polar surface area (TPSA) is 95.8 Å². The smallest absolute Gasteiger partial charge is 0.181 e. The highest BCUT2D eigenvalue weighted by molar-refractivity contribution is 5.92. The maximum Gasteiger partial charge on any atom is 0.181 e. The third kappa shape index (κ3) is 3.27. The fourth-order valence-corrected chi connectivity index (χ4v) is 2.06. The maximum absolute atomic E-state index is 13.0. The van der Waals surface area contributed by atoms with Crippen LogP contribution in [0.15, 0.2) is 54.7 Å². The lowest BCUT2D eigenvalue weighted by Crippen LogP contribution is -2.23. The molecule has 1 N–H and O–H groups in total. The number of halogens is 1. The molecule has 3 aromatic rings. The minimum atomic E-state index is -1.28. The molecule has 0 aliphatic rings. The number of anilines is 1. The summed E-state index contributed by atoms with van der Waals surface area (Å²) in [5, 5.41) is 25.2. The lowest BCUT2D eigenvalue weighted by Gasteiger charge is -2.09. The molecule has 0 fully saturated rings. The number of hydrogen-bond donors (Lipinski definition) is 1. The van der Waals surface area contributed by atoms with Gasteiger partial charge in [-0.15, -0.1) is 5.10 Å². The molecular weight excluding hydrogens is 313 g/mol. The van der Waals surface area contributed by atoms with Crippen molar-refractivity contribution in [2.75, 3.05) is 5.32 Å². The SMILES string of the molecule is O=C([O-])c1ccccc1N/C=C/c1nnnn1-c1ccc(F)cc1. The van der Waals surface area contributed by atoms with Crippen molar-refractivity contribution in [2.24, 2.45) is 0 Å². The van der Waals surface area contributed by atoms with E-state index < -0.39 is 5.97 Å². The van der Waals surface area contributed by atoms with Crippen molar-refractivity contribution < 1.29 is 14.3 Å². The van der Waals surface area contributed by atoms with Gasteiger partial charge in [0.2, 0.25) is 0 Å². The van der Waals surface area contributed by atoms with Crippen molar-refractivity contribution in [1.82, 2.24) is 20.2 Å². The number of rotatable bonds is 5. The summed E-state index contributed by atoms with van der Waals surface area (Å²) in [6.45, 7) is 0. The lowest BCUT2D eigenvalue weighted by atomic mass is 10.2. The number of para-hydroxylation sites is 1.